The van der Waals surface area contributed by atoms with Crippen molar-refractivity contribution in [2.45, 2.75) is 38.9 Å². The van der Waals surface area contributed by atoms with E-state index < -0.39 is 11.3 Å². The number of likely N-dealkylation sites (tertiary alicyclic amines) is 1. The Kier molecular flexibility index (Phi) is 4.69. The van der Waals surface area contributed by atoms with Crippen LogP contribution in [0.4, 0.5) is 4.79 Å². The third-order valence-electron chi connectivity index (χ3n) is 4.37. The maximum absolute atomic E-state index is 12.3. The van der Waals surface area contributed by atoms with E-state index in [2.05, 4.69) is 25.1 Å². The number of aromatic amines is 2. The van der Waals surface area contributed by atoms with Gasteiger partial charge in [-0.3, -0.25) is 9.97 Å². The molecule has 3 aromatic heterocycles. The smallest absolute Gasteiger partial charge is 0.410 e. The SMILES string of the molecule is CC(C)(C)OC(=O)N1CC[C@H](Oc2nc(-c3n[nH]c(=O)[nH]3)cc3cccnc23)C1. The molecule has 0 spiro atoms. The van der Waals surface area contributed by atoms with E-state index >= 15 is 0 Å². The van der Waals surface area contributed by atoms with E-state index in [0.29, 0.717) is 42.4 Å². The van der Waals surface area contributed by atoms with E-state index in [0.717, 1.165) is 5.39 Å². The molecule has 1 aliphatic heterocycles. The molecule has 0 bridgehead atoms. The Morgan fingerprint density at radius 2 is 2.17 bits per heavy atom. The Hall–Kier alpha value is -3.43. The summed E-state index contributed by atoms with van der Waals surface area (Å²) in [5.74, 6) is 0.644. The first-order valence-corrected chi connectivity index (χ1v) is 9.34. The maximum Gasteiger partial charge on any atom is 0.410 e. The van der Waals surface area contributed by atoms with Gasteiger partial charge in [-0.25, -0.2) is 19.7 Å². The Balaban J connectivity index is 1.58. The second-order valence-electron chi connectivity index (χ2n) is 7.87. The van der Waals surface area contributed by atoms with E-state index in [9.17, 15) is 9.59 Å². The lowest BCUT2D eigenvalue weighted by Gasteiger charge is -2.24. The van der Waals surface area contributed by atoms with Gasteiger partial charge in [0.2, 0.25) is 5.88 Å². The summed E-state index contributed by atoms with van der Waals surface area (Å²) in [6.45, 7) is 6.44. The maximum atomic E-state index is 12.3. The molecule has 1 atom stereocenters. The van der Waals surface area contributed by atoms with Gasteiger partial charge in [0.1, 0.15) is 22.9 Å². The fourth-order valence-electron chi connectivity index (χ4n) is 3.12. The summed E-state index contributed by atoms with van der Waals surface area (Å²) in [5, 5.41) is 7.07. The number of nitrogens with one attached hydrogen (secondary N) is 2. The Bertz CT molecular complexity index is 1100. The molecule has 29 heavy (non-hydrogen) atoms. The lowest BCUT2D eigenvalue weighted by molar-refractivity contribution is 0.0275. The zero-order valence-corrected chi connectivity index (χ0v) is 16.4. The fourth-order valence-corrected chi connectivity index (χ4v) is 3.12. The van der Waals surface area contributed by atoms with Crippen molar-refractivity contribution in [2.24, 2.45) is 0 Å². The molecular weight excluding hydrogens is 376 g/mol. The van der Waals surface area contributed by atoms with Crippen LogP contribution < -0.4 is 10.4 Å². The van der Waals surface area contributed by atoms with E-state index in [1.807, 2.05) is 32.9 Å². The first kappa shape index (κ1) is 18.9. The number of H-pyrrole nitrogens is 2. The number of aromatic nitrogens is 5. The fraction of sp³-hybridized carbons (Fsp3) is 0.421. The van der Waals surface area contributed by atoms with Gasteiger partial charge >= 0.3 is 11.8 Å². The van der Waals surface area contributed by atoms with Crippen LogP contribution in [0.3, 0.4) is 0 Å². The van der Waals surface area contributed by atoms with Crippen molar-refractivity contribution in [3.63, 3.8) is 0 Å². The van der Waals surface area contributed by atoms with Gasteiger partial charge in [-0.2, -0.15) is 5.10 Å². The normalized spacial score (nSPS) is 16.9. The number of hydrogen-bond acceptors (Lipinski definition) is 7. The number of ether oxygens (including phenoxy) is 2. The summed E-state index contributed by atoms with van der Waals surface area (Å²) in [6, 6.07) is 5.47. The van der Waals surface area contributed by atoms with Crippen molar-refractivity contribution < 1.29 is 14.3 Å². The third kappa shape index (κ3) is 4.20. The van der Waals surface area contributed by atoms with E-state index in [1.165, 1.54) is 0 Å². The summed E-state index contributed by atoms with van der Waals surface area (Å²) in [6.07, 6.45) is 1.71. The average Bonchev–Trinajstić information content (AvgIpc) is 3.29. The highest BCUT2D eigenvalue weighted by atomic mass is 16.6. The Morgan fingerprint density at radius 1 is 1.34 bits per heavy atom. The molecule has 1 amide bonds. The minimum absolute atomic E-state index is 0.242. The molecule has 0 unspecified atom stereocenters. The predicted molar refractivity (Wildman–Crippen MR) is 105 cm³/mol. The molecular formula is C19H22N6O4. The van der Waals surface area contributed by atoms with Crippen LogP contribution in [0.5, 0.6) is 5.88 Å². The monoisotopic (exact) mass is 398 g/mol. The second kappa shape index (κ2) is 7.19. The molecule has 3 aromatic rings. The van der Waals surface area contributed by atoms with E-state index in [-0.39, 0.29) is 12.2 Å². The van der Waals surface area contributed by atoms with Crippen molar-refractivity contribution >= 4 is 17.0 Å². The zero-order valence-electron chi connectivity index (χ0n) is 16.4. The summed E-state index contributed by atoms with van der Waals surface area (Å²) in [7, 11) is 0. The molecule has 4 rings (SSSR count). The van der Waals surface area contributed by atoms with Gasteiger partial charge in [0, 0.05) is 24.5 Å². The van der Waals surface area contributed by atoms with Crippen LogP contribution in [0.1, 0.15) is 27.2 Å². The molecule has 0 aromatic carbocycles. The van der Waals surface area contributed by atoms with Gasteiger partial charge in [0.15, 0.2) is 5.82 Å². The Morgan fingerprint density at radius 3 is 2.90 bits per heavy atom. The highest BCUT2D eigenvalue weighted by Gasteiger charge is 2.31. The number of hydrogen-bond donors (Lipinski definition) is 2. The molecule has 2 N–H and O–H groups in total. The summed E-state index contributed by atoms with van der Waals surface area (Å²) < 4.78 is 11.5. The number of nitrogens with zero attached hydrogens (tertiary/aromatic N) is 4. The average molecular weight is 398 g/mol. The molecule has 0 aliphatic carbocycles. The molecule has 10 heteroatoms. The van der Waals surface area contributed by atoms with Crippen LogP contribution in [0.2, 0.25) is 0 Å². The Labute approximate surface area is 166 Å². The summed E-state index contributed by atoms with van der Waals surface area (Å²) >= 11 is 0. The van der Waals surface area contributed by atoms with Crippen LogP contribution in [0.25, 0.3) is 22.4 Å². The highest BCUT2D eigenvalue weighted by Crippen LogP contribution is 2.28. The van der Waals surface area contributed by atoms with Crippen molar-refractivity contribution in [3.8, 4) is 17.4 Å². The molecule has 4 heterocycles. The third-order valence-corrected chi connectivity index (χ3v) is 4.37. The van der Waals surface area contributed by atoms with Gasteiger partial charge in [-0.05, 0) is 32.9 Å². The molecule has 10 nitrogen and oxygen atoms in total. The summed E-state index contributed by atoms with van der Waals surface area (Å²) in [4.78, 5) is 36.8. The van der Waals surface area contributed by atoms with Crippen molar-refractivity contribution in [1.82, 2.24) is 30.0 Å². The second-order valence-corrected chi connectivity index (χ2v) is 7.87. The number of amides is 1. The standard InChI is InChI=1S/C19H22N6O4/c1-19(2,3)29-18(27)25-8-6-12(10-25)28-16-14-11(5-4-7-20-14)9-13(21-16)15-22-17(26)24-23-15/h4-5,7,9,12H,6,8,10H2,1-3H3,(H2,22,23,24,26)/t12-/m0/s1. The molecule has 1 aliphatic rings. The lowest BCUT2D eigenvalue weighted by Crippen LogP contribution is -2.36. The minimum atomic E-state index is -0.549. The van der Waals surface area contributed by atoms with Crippen molar-refractivity contribution in [1.29, 1.82) is 0 Å². The highest BCUT2D eigenvalue weighted by molar-refractivity contribution is 5.85. The topological polar surface area (TPSA) is 126 Å². The summed E-state index contributed by atoms with van der Waals surface area (Å²) in [5.41, 5.74) is 0.0945. The zero-order chi connectivity index (χ0) is 20.6. The predicted octanol–water partition coefficient (Wildman–Crippen LogP) is 2.10. The van der Waals surface area contributed by atoms with Gasteiger partial charge in [-0.1, -0.05) is 6.07 Å². The van der Waals surface area contributed by atoms with Crippen LogP contribution in [0, 0.1) is 0 Å². The van der Waals surface area contributed by atoms with Crippen LogP contribution in [0.15, 0.2) is 29.2 Å². The van der Waals surface area contributed by atoms with E-state index in [1.54, 1.807) is 17.2 Å². The number of fused-ring (bicyclic) bond motifs is 1. The lowest BCUT2D eigenvalue weighted by atomic mass is 10.2. The minimum Gasteiger partial charge on any atom is -0.471 e. The molecule has 0 saturated carbocycles. The van der Waals surface area contributed by atoms with Crippen molar-refractivity contribution in [2.75, 3.05) is 13.1 Å². The molecule has 1 saturated heterocycles. The van der Waals surface area contributed by atoms with Gasteiger partial charge < -0.3 is 14.4 Å². The van der Waals surface area contributed by atoms with Crippen LogP contribution >= 0.6 is 0 Å². The van der Waals surface area contributed by atoms with Gasteiger partial charge in [0.05, 0.1) is 6.54 Å². The number of carbonyl (C=O) groups is 1. The number of pyridine rings is 2. The molecule has 0 radical (unpaired) electrons. The van der Waals surface area contributed by atoms with Crippen LogP contribution in [-0.2, 0) is 4.74 Å². The quantitative estimate of drug-likeness (QED) is 0.692. The van der Waals surface area contributed by atoms with Crippen LogP contribution in [-0.4, -0.2) is 60.9 Å². The first-order chi connectivity index (χ1) is 13.8. The van der Waals surface area contributed by atoms with Gasteiger partial charge in [-0.15, -0.1) is 0 Å². The number of rotatable bonds is 3. The van der Waals surface area contributed by atoms with Crippen molar-refractivity contribution in [3.05, 3.63) is 34.9 Å². The largest absolute Gasteiger partial charge is 0.471 e. The van der Waals surface area contributed by atoms with E-state index in [4.69, 9.17) is 9.47 Å². The molecule has 152 valence electrons. The van der Waals surface area contributed by atoms with Gasteiger partial charge in [0.25, 0.3) is 0 Å². The molecule has 1 fully saturated rings. The first-order valence-electron chi connectivity index (χ1n) is 9.34. The number of carbonyl (C=O) groups excluding carboxylic acids is 1.